The molecular formula is C16H20FN3O2. The Balaban J connectivity index is 1.58. The fourth-order valence-electron chi connectivity index (χ4n) is 2.79. The third-order valence-electron chi connectivity index (χ3n) is 4.08. The highest BCUT2D eigenvalue weighted by molar-refractivity contribution is 5.22. The molecule has 1 fully saturated rings. The number of H-pyrrole nitrogens is 1. The molecule has 2 aromatic rings. The van der Waals surface area contributed by atoms with Gasteiger partial charge in [0.1, 0.15) is 23.8 Å². The van der Waals surface area contributed by atoms with E-state index in [0.29, 0.717) is 12.4 Å². The molecule has 0 aliphatic carbocycles. The van der Waals surface area contributed by atoms with E-state index in [1.807, 2.05) is 6.07 Å². The zero-order chi connectivity index (χ0) is 15.4. The van der Waals surface area contributed by atoms with Gasteiger partial charge in [-0.15, -0.1) is 0 Å². The molecule has 0 bridgehead atoms. The van der Waals surface area contributed by atoms with E-state index >= 15 is 0 Å². The smallest absolute Gasteiger partial charge is 0.126 e. The van der Waals surface area contributed by atoms with Gasteiger partial charge in [-0.25, -0.2) is 4.39 Å². The molecule has 1 aliphatic rings. The van der Waals surface area contributed by atoms with Gasteiger partial charge in [-0.3, -0.25) is 10.00 Å². The molecule has 3 rings (SSSR count). The number of hydrogen-bond acceptors (Lipinski definition) is 4. The highest BCUT2D eigenvalue weighted by atomic mass is 19.1. The molecule has 1 saturated heterocycles. The van der Waals surface area contributed by atoms with Crippen LogP contribution in [0.15, 0.2) is 36.5 Å². The van der Waals surface area contributed by atoms with Gasteiger partial charge in [0.25, 0.3) is 0 Å². The lowest BCUT2D eigenvalue weighted by Gasteiger charge is -2.28. The lowest BCUT2D eigenvalue weighted by molar-refractivity contribution is -0.0360. The number of benzene rings is 1. The Morgan fingerprint density at radius 1 is 1.41 bits per heavy atom. The first kappa shape index (κ1) is 15.0. The molecule has 6 heteroatoms. The second-order valence-electron chi connectivity index (χ2n) is 5.68. The molecule has 1 aromatic heterocycles. The monoisotopic (exact) mass is 305 g/mol. The first-order valence-electron chi connectivity index (χ1n) is 7.33. The molecule has 0 amide bonds. The minimum absolute atomic E-state index is 0.295. The van der Waals surface area contributed by atoms with Crippen molar-refractivity contribution >= 4 is 0 Å². The quantitative estimate of drug-likeness (QED) is 0.889. The molecule has 1 aromatic carbocycles. The van der Waals surface area contributed by atoms with Gasteiger partial charge in [-0.05, 0) is 24.6 Å². The molecule has 2 heterocycles. The van der Waals surface area contributed by atoms with Crippen molar-refractivity contribution in [1.29, 1.82) is 0 Å². The summed E-state index contributed by atoms with van der Waals surface area (Å²) in [5, 5.41) is 6.93. The number of likely N-dealkylation sites (tertiary alicyclic amines) is 1. The SMILES string of the molecule is CO[C@@]1(COc2cccc(F)c2)CCN(Cc2ccn[nH]2)C1. The normalized spacial score (nSPS) is 22.1. The Bertz CT molecular complexity index is 605. The van der Waals surface area contributed by atoms with Crippen LogP contribution in [0.1, 0.15) is 12.1 Å². The van der Waals surface area contributed by atoms with Crippen molar-refractivity contribution in [2.45, 2.75) is 18.6 Å². The summed E-state index contributed by atoms with van der Waals surface area (Å²) >= 11 is 0. The number of aromatic amines is 1. The number of nitrogens with one attached hydrogen (secondary N) is 1. The van der Waals surface area contributed by atoms with Crippen molar-refractivity contribution in [2.24, 2.45) is 0 Å². The van der Waals surface area contributed by atoms with Crippen LogP contribution in [0.3, 0.4) is 0 Å². The molecule has 0 unspecified atom stereocenters. The second kappa shape index (κ2) is 6.46. The second-order valence-corrected chi connectivity index (χ2v) is 5.68. The summed E-state index contributed by atoms with van der Waals surface area (Å²) in [7, 11) is 1.70. The zero-order valence-electron chi connectivity index (χ0n) is 12.6. The third kappa shape index (κ3) is 3.45. The number of rotatable bonds is 6. The van der Waals surface area contributed by atoms with Crippen molar-refractivity contribution in [2.75, 3.05) is 26.8 Å². The van der Waals surface area contributed by atoms with Crippen LogP contribution < -0.4 is 4.74 Å². The van der Waals surface area contributed by atoms with Gasteiger partial charge in [0, 0.05) is 44.7 Å². The van der Waals surface area contributed by atoms with Gasteiger partial charge >= 0.3 is 0 Å². The van der Waals surface area contributed by atoms with Crippen LogP contribution in [-0.2, 0) is 11.3 Å². The van der Waals surface area contributed by atoms with Gasteiger partial charge < -0.3 is 9.47 Å². The van der Waals surface area contributed by atoms with Crippen LogP contribution in [0, 0.1) is 5.82 Å². The summed E-state index contributed by atoms with van der Waals surface area (Å²) in [6, 6.07) is 8.16. The fraction of sp³-hybridized carbons (Fsp3) is 0.438. The van der Waals surface area contributed by atoms with Gasteiger partial charge in [0.15, 0.2) is 0 Å². The summed E-state index contributed by atoms with van der Waals surface area (Å²) in [6.45, 7) is 2.93. The molecular weight excluding hydrogens is 285 g/mol. The molecule has 118 valence electrons. The molecule has 0 saturated carbocycles. The van der Waals surface area contributed by atoms with Crippen LogP contribution in [0.4, 0.5) is 4.39 Å². The molecule has 0 spiro atoms. The lowest BCUT2D eigenvalue weighted by atomic mass is 10.0. The largest absolute Gasteiger partial charge is 0.490 e. The zero-order valence-corrected chi connectivity index (χ0v) is 12.6. The average Bonchev–Trinajstić information content (AvgIpc) is 3.16. The van der Waals surface area contributed by atoms with E-state index < -0.39 is 0 Å². The maximum Gasteiger partial charge on any atom is 0.126 e. The van der Waals surface area contributed by atoms with Crippen LogP contribution in [0.25, 0.3) is 0 Å². The third-order valence-corrected chi connectivity index (χ3v) is 4.08. The standard InChI is InChI=1S/C16H20FN3O2/c1-21-16(12-22-15-4-2-3-13(17)9-15)6-8-20(11-16)10-14-5-7-18-19-14/h2-5,7,9H,6,8,10-12H2,1H3,(H,18,19)/t16-/m0/s1. The Morgan fingerprint density at radius 2 is 2.32 bits per heavy atom. The lowest BCUT2D eigenvalue weighted by Crippen LogP contribution is -2.41. The van der Waals surface area contributed by atoms with E-state index in [9.17, 15) is 4.39 Å². The Hall–Kier alpha value is -1.92. The summed E-state index contributed by atoms with van der Waals surface area (Å²) in [5.41, 5.74) is 0.727. The molecule has 0 radical (unpaired) electrons. The number of halogens is 1. The number of aromatic nitrogens is 2. The Kier molecular flexibility index (Phi) is 4.40. The predicted molar refractivity (Wildman–Crippen MR) is 80.1 cm³/mol. The van der Waals surface area contributed by atoms with Crippen molar-refractivity contribution in [3.8, 4) is 5.75 Å². The minimum Gasteiger partial charge on any atom is -0.490 e. The molecule has 1 atom stereocenters. The topological polar surface area (TPSA) is 50.4 Å². The Morgan fingerprint density at radius 3 is 3.05 bits per heavy atom. The van der Waals surface area contributed by atoms with E-state index in [2.05, 4.69) is 15.1 Å². The van der Waals surface area contributed by atoms with E-state index in [-0.39, 0.29) is 11.4 Å². The van der Waals surface area contributed by atoms with Crippen LogP contribution in [0.5, 0.6) is 5.75 Å². The number of hydrogen-bond donors (Lipinski definition) is 1. The summed E-state index contributed by atoms with van der Waals surface area (Å²) < 4.78 is 24.6. The van der Waals surface area contributed by atoms with E-state index in [1.54, 1.807) is 25.4 Å². The summed E-state index contributed by atoms with van der Waals surface area (Å²) in [6.07, 6.45) is 2.63. The van der Waals surface area contributed by atoms with Crippen molar-refractivity contribution in [1.82, 2.24) is 15.1 Å². The van der Waals surface area contributed by atoms with Gasteiger partial charge in [-0.2, -0.15) is 5.10 Å². The van der Waals surface area contributed by atoms with Crippen molar-refractivity contribution in [3.05, 3.63) is 48.0 Å². The van der Waals surface area contributed by atoms with E-state index in [0.717, 1.165) is 31.7 Å². The Labute approximate surface area is 129 Å². The maximum atomic E-state index is 13.2. The minimum atomic E-state index is -0.355. The first-order chi connectivity index (χ1) is 10.7. The van der Waals surface area contributed by atoms with Crippen molar-refractivity contribution in [3.63, 3.8) is 0 Å². The first-order valence-corrected chi connectivity index (χ1v) is 7.33. The number of ether oxygens (including phenoxy) is 2. The fourth-order valence-corrected chi connectivity index (χ4v) is 2.79. The molecule has 5 nitrogen and oxygen atoms in total. The van der Waals surface area contributed by atoms with Gasteiger partial charge in [0.2, 0.25) is 0 Å². The maximum absolute atomic E-state index is 13.2. The molecule has 1 aliphatic heterocycles. The number of methoxy groups -OCH3 is 1. The average molecular weight is 305 g/mol. The van der Waals surface area contributed by atoms with E-state index in [4.69, 9.17) is 9.47 Å². The van der Waals surface area contributed by atoms with E-state index in [1.165, 1.54) is 12.1 Å². The predicted octanol–water partition coefficient (Wildman–Crippen LogP) is 2.22. The number of nitrogens with zero attached hydrogens (tertiary/aromatic N) is 2. The van der Waals surface area contributed by atoms with Crippen molar-refractivity contribution < 1.29 is 13.9 Å². The van der Waals surface area contributed by atoms with Gasteiger partial charge in [0.05, 0.1) is 0 Å². The van der Waals surface area contributed by atoms with Gasteiger partial charge in [-0.1, -0.05) is 6.07 Å². The van der Waals surface area contributed by atoms with Crippen LogP contribution >= 0.6 is 0 Å². The summed E-state index contributed by atoms with van der Waals surface area (Å²) in [5.74, 6) is 0.236. The molecule has 22 heavy (non-hydrogen) atoms. The van der Waals surface area contributed by atoms with Crippen LogP contribution in [0.2, 0.25) is 0 Å². The molecule has 1 N–H and O–H groups in total. The van der Waals surface area contributed by atoms with Crippen LogP contribution in [-0.4, -0.2) is 47.5 Å². The highest BCUT2D eigenvalue weighted by Crippen LogP contribution is 2.27. The highest BCUT2D eigenvalue weighted by Gasteiger charge is 2.39. The summed E-state index contributed by atoms with van der Waals surface area (Å²) in [4.78, 5) is 2.30.